The van der Waals surface area contributed by atoms with Gasteiger partial charge < -0.3 is 26.2 Å². The van der Waals surface area contributed by atoms with Crippen LogP contribution in [0.4, 0.5) is 5.69 Å². The number of likely N-dealkylation sites (tertiary alicyclic amines) is 1. The Morgan fingerprint density at radius 1 is 0.898 bits per heavy atom. The summed E-state index contributed by atoms with van der Waals surface area (Å²) in [6, 6.07) is 11.9. The van der Waals surface area contributed by atoms with Crippen molar-refractivity contribution >= 4 is 23.4 Å². The molecule has 0 aliphatic carbocycles. The van der Waals surface area contributed by atoms with Crippen molar-refractivity contribution in [2.75, 3.05) is 84.4 Å². The summed E-state index contributed by atoms with van der Waals surface area (Å²) in [4.78, 5) is 58.4. The molecule has 2 fully saturated rings. The summed E-state index contributed by atoms with van der Waals surface area (Å²) in [5.74, 6) is 0.215. The number of piperidine rings is 1. The summed E-state index contributed by atoms with van der Waals surface area (Å²) in [6.07, 6.45) is 7.89. The predicted molar refractivity (Wildman–Crippen MR) is 190 cm³/mol. The van der Waals surface area contributed by atoms with E-state index < -0.39 is 0 Å². The van der Waals surface area contributed by atoms with Crippen LogP contribution in [0.5, 0.6) is 0 Å². The van der Waals surface area contributed by atoms with Crippen molar-refractivity contribution < 1.29 is 14.4 Å². The highest BCUT2D eigenvalue weighted by Crippen LogP contribution is 2.27. The molecular formula is C36H50N10O3. The monoisotopic (exact) mass is 670 g/mol. The molecule has 0 unspecified atom stereocenters. The van der Waals surface area contributed by atoms with Crippen LogP contribution >= 0.6 is 0 Å². The highest BCUT2D eigenvalue weighted by Gasteiger charge is 2.28. The van der Waals surface area contributed by atoms with Crippen LogP contribution in [0.3, 0.4) is 0 Å². The van der Waals surface area contributed by atoms with Crippen LogP contribution in [0.25, 0.3) is 11.1 Å². The summed E-state index contributed by atoms with van der Waals surface area (Å²) >= 11 is 0. The van der Waals surface area contributed by atoms with E-state index in [-0.39, 0.29) is 30.0 Å². The number of piperazine rings is 1. The molecule has 13 heteroatoms. The molecule has 262 valence electrons. The third-order valence-corrected chi connectivity index (χ3v) is 9.22. The van der Waals surface area contributed by atoms with Gasteiger partial charge in [-0.1, -0.05) is 31.2 Å². The number of hydrogen-bond donors (Lipinski definition) is 4. The minimum absolute atomic E-state index is 0.0502. The smallest absolute Gasteiger partial charge is 0.274 e. The van der Waals surface area contributed by atoms with Crippen molar-refractivity contribution in [2.24, 2.45) is 5.92 Å². The molecule has 49 heavy (non-hydrogen) atoms. The predicted octanol–water partition coefficient (Wildman–Crippen LogP) is 1.63. The summed E-state index contributed by atoms with van der Waals surface area (Å²) < 4.78 is 0. The van der Waals surface area contributed by atoms with E-state index in [1.54, 1.807) is 18.5 Å². The number of aromatic nitrogens is 3. The number of carbonyl (C=O) groups is 3. The number of benzene rings is 1. The molecular weight excluding hydrogens is 620 g/mol. The van der Waals surface area contributed by atoms with Gasteiger partial charge in [-0.15, -0.1) is 0 Å². The molecule has 3 amide bonds. The van der Waals surface area contributed by atoms with Crippen molar-refractivity contribution in [2.45, 2.75) is 32.7 Å². The molecule has 0 radical (unpaired) electrons. The molecule has 0 spiro atoms. The molecule has 0 bridgehead atoms. The van der Waals surface area contributed by atoms with Gasteiger partial charge in [0.2, 0.25) is 11.8 Å². The van der Waals surface area contributed by atoms with Gasteiger partial charge in [-0.3, -0.25) is 24.2 Å². The topological polar surface area (TPSA) is 148 Å². The third kappa shape index (κ3) is 10.8. The van der Waals surface area contributed by atoms with Crippen molar-refractivity contribution in [3.63, 3.8) is 0 Å². The number of hydrogen-bond acceptors (Lipinski definition) is 10. The van der Waals surface area contributed by atoms with Gasteiger partial charge in [0.15, 0.2) is 5.69 Å². The molecule has 13 nitrogen and oxygen atoms in total. The lowest BCUT2D eigenvalue weighted by Crippen LogP contribution is -2.51. The standard InChI is InChI=1S/C36H50N10O3/c1-3-27-5-4-6-29(19-27)30-20-32(43-33(47)23-39-22-31-7-10-38-26-42-31)35(41-21-30)36(49)46-17-15-45(16-18-46)24-28-8-13-44(14-9-28)25-34(48)40-12-11-37-2/h4-7,10,19-21,26,28,37,39H,3,8-9,11-18,22-25H2,1-2H3,(H,40,48)(H,43,47). The first-order valence-electron chi connectivity index (χ1n) is 17.4. The second kappa shape index (κ2) is 18.5. The number of likely N-dealkylation sites (N-methyl/N-ethyl adjacent to an activating group) is 1. The molecule has 4 heterocycles. The third-order valence-electron chi connectivity index (χ3n) is 9.22. The maximum atomic E-state index is 13.9. The van der Waals surface area contributed by atoms with E-state index in [0.29, 0.717) is 44.3 Å². The lowest BCUT2D eigenvalue weighted by molar-refractivity contribution is -0.122. The molecule has 0 atom stereocenters. The highest BCUT2D eigenvalue weighted by molar-refractivity contribution is 6.03. The summed E-state index contributed by atoms with van der Waals surface area (Å²) in [5, 5.41) is 12.1. The number of carbonyl (C=O) groups excluding carboxylic acids is 3. The lowest BCUT2D eigenvalue weighted by Gasteiger charge is -2.38. The summed E-state index contributed by atoms with van der Waals surface area (Å²) in [7, 11) is 1.88. The molecule has 4 N–H and O–H groups in total. The Morgan fingerprint density at radius 3 is 2.45 bits per heavy atom. The van der Waals surface area contributed by atoms with E-state index in [1.165, 1.54) is 11.9 Å². The zero-order valence-electron chi connectivity index (χ0n) is 28.8. The van der Waals surface area contributed by atoms with Gasteiger partial charge in [-0.25, -0.2) is 15.0 Å². The SMILES string of the molecule is CCc1cccc(-c2cnc(C(=O)N3CCN(CC4CCN(CC(=O)NCCNC)CC4)CC3)c(NC(=O)CNCc3ccncn3)c2)c1. The second-order valence-corrected chi connectivity index (χ2v) is 12.8. The first kappa shape index (κ1) is 36.0. The van der Waals surface area contributed by atoms with Crippen LogP contribution in [0, 0.1) is 5.92 Å². The number of nitrogens with one attached hydrogen (secondary N) is 4. The number of pyridine rings is 1. The molecule has 3 aromatic rings. The fourth-order valence-corrected chi connectivity index (χ4v) is 6.34. The van der Waals surface area contributed by atoms with Gasteiger partial charge >= 0.3 is 0 Å². The van der Waals surface area contributed by atoms with E-state index in [1.807, 2.05) is 30.1 Å². The highest BCUT2D eigenvalue weighted by atomic mass is 16.2. The number of aryl methyl sites for hydroxylation is 1. The van der Waals surface area contributed by atoms with Crippen molar-refractivity contribution in [3.05, 3.63) is 72.1 Å². The fourth-order valence-electron chi connectivity index (χ4n) is 6.34. The van der Waals surface area contributed by atoms with E-state index in [2.05, 4.69) is 65.1 Å². The Morgan fingerprint density at radius 2 is 1.71 bits per heavy atom. The Balaban J connectivity index is 1.16. The van der Waals surface area contributed by atoms with Crippen LogP contribution in [0.2, 0.25) is 0 Å². The van der Waals surface area contributed by atoms with Crippen molar-refractivity contribution in [3.8, 4) is 11.1 Å². The number of nitrogens with zero attached hydrogens (tertiary/aromatic N) is 6. The maximum Gasteiger partial charge on any atom is 0.274 e. The molecule has 2 aliphatic heterocycles. The van der Waals surface area contributed by atoms with E-state index in [9.17, 15) is 14.4 Å². The largest absolute Gasteiger partial charge is 0.354 e. The Hall–Kier alpha value is -4.30. The zero-order chi connectivity index (χ0) is 34.4. The first-order chi connectivity index (χ1) is 23.9. The second-order valence-electron chi connectivity index (χ2n) is 12.8. The van der Waals surface area contributed by atoms with Crippen LogP contribution in [0.1, 0.15) is 41.5 Å². The quantitative estimate of drug-likeness (QED) is 0.176. The fraction of sp³-hybridized carbons (Fsp3) is 0.500. The van der Waals surface area contributed by atoms with E-state index in [0.717, 1.165) is 75.4 Å². The summed E-state index contributed by atoms with van der Waals surface area (Å²) in [5.41, 5.74) is 4.45. The molecule has 2 aromatic heterocycles. The average Bonchev–Trinajstić information content (AvgIpc) is 3.13. The van der Waals surface area contributed by atoms with Crippen molar-refractivity contribution in [1.82, 2.24) is 45.6 Å². The van der Waals surface area contributed by atoms with Crippen LogP contribution in [0.15, 0.2) is 55.1 Å². The van der Waals surface area contributed by atoms with Gasteiger partial charge in [-0.2, -0.15) is 0 Å². The Kier molecular flexibility index (Phi) is 13.6. The molecule has 0 saturated carbocycles. The Bertz CT molecular complexity index is 1520. The first-order valence-corrected chi connectivity index (χ1v) is 17.4. The Labute approximate surface area is 289 Å². The molecule has 1 aromatic carbocycles. The summed E-state index contributed by atoms with van der Waals surface area (Å²) in [6.45, 7) is 10.1. The van der Waals surface area contributed by atoms with Crippen LogP contribution in [-0.4, -0.2) is 126 Å². The molecule has 2 saturated heterocycles. The number of amides is 3. The minimum Gasteiger partial charge on any atom is -0.354 e. The minimum atomic E-state index is -0.269. The average molecular weight is 671 g/mol. The number of anilines is 1. The molecule has 2 aliphatic rings. The van der Waals surface area contributed by atoms with E-state index in [4.69, 9.17) is 0 Å². The van der Waals surface area contributed by atoms with Crippen molar-refractivity contribution in [1.29, 1.82) is 0 Å². The molecule has 5 rings (SSSR count). The van der Waals surface area contributed by atoms with Gasteiger partial charge in [0.05, 0.1) is 24.5 Å². The van der Waals surface area contributed by atoms with E-state index >= 15 is 0 Å². The maximum absolute atomic E-state index is 13.9. The van der Waals surface area contributed by atoms with Crippen LogP contribution < -0.4 is 21.3 Å². The van der Waals surface area contributed by atoms with Gasteiger partial charge in [-0.05, 0) is 68.6 Å². The van der Waals surface area contributed by atoms with Crippen LogP contribution in [-0.2, 0) is 22.6 Å². The lowest BCUT2D eigenvalue weighted by atomic mass is 9.96. The number of rotatable bonds is 15. The van der Waals surface area contributed by atoms with Gasteiger partial charge in [0.25, 0.3) is 5.91 Å². The van der Waals surface area contributed by atoms with Gasteiger partial charge in [0, 0.05) is 70.3 Å². The normalized spacial score (nSPS) is 16.0. The van der Waals surface area contributed by atoms with Gasteiger partial charge in [0.1, 0.15) is 6.33 Å². The zero-order valence-corrected chi connectivity index (χ0v) is 28.8.